The van der Waals surface area contributed by atoms with Gasteiger partial charge in [0.2, 0.25) is 0 Å². The van der Waals surface area contributed by atoms with Crippen LogP contribution >= 0.6 is 0 Å². The Balaban J connectivity index is 2.18. The molecule has 0 fully saturated rings. The molecule has 0 saturated carbocycles. The normalized spacial score (nSPS) is 11.1. The molecule has 2 heterocycles. The summed E-state index contributed by atoms with van der Waals surface area (Å²) in [5.41, 5.74) is 1.10. The number of aromatic nitrogens is 4. The molecule has 3 aromatic rings. The van der Waals surface area contributed by atoms with Gasteiger partial charge < -0.3 is 4.57 Å². The fourth-order valence-electron chi connectivity index (χ4n) is 2.46. The van der Waals surface area contributed by atoms with E-state index < -0.39 is 0 Å². The summed E-state index contributed by atoms with van der Waals surface area (Å²) in [6.07, 6.45) is 1.48. The lowest BCUT2D eigenvalue weighted by atomic mass is 10.2. The van der Waals surface area contributed by atoms with Crippen LogP contribution in [0.15, 0.2) is 46.1 Å². The second kappa shape index (κ2) is 5.05. The summed E-state index contributed by atoms with van der Waals surface area (Å²) in [6, 6.07) is 9.22. The molecule has 0 unspecified atom stereocenters. The van der Waals surface area contributed by atoms with Crippen molar-refractivity contribution in [2.24, 2.45) is 7.05 Å². The molecule has 0 spiro atoms. The number of hydrogen-bond acceptors (Lipinski definition) is 3. The number of para-hydroxylation sites is 1. The van der Waals surface area contributed by atoms with Crippen molar-refractivity contribution in [2.45, 2.75) is 20.0 Å². The van der Waals surface area contributed by atoms with Gasteiger partial charge in [0, 0.05) is 31.2 Å². The standard InChI is InChI=1S/C15H16N4O2/c1-3-19-13-7-5-4-6-11(13)12(16-19)10-18-14(20)8-9-17(2)15(18)21/h4-9H,3,10H2,1-2H3. The van der Waals surface area contributed by atoms with Crippen LogP contribution in [0.2, 0.25) is 0 Å². The van der Waals surface area contributed by atoms with Gasteiger partial charge in [-0.1, -0.05) is 18.2 Å². The lowest BCUT2D eigenvalue weighted by Gasteiger charge is -2.04. The van der Waals surface area contributed by atoms with Crippen molar-refractivity contribution in [3.63, 3.8) is 0 Å². The van der Waals surface area contributed by atoms with Crippen molar-refractivity contribution >= 4 is 10.9 Å². The van der Waals surface area contributed by atoms with Gasteiger partial charge >= 0.3 is 5.69 Å². The van der Waals surface area contributed by atoms with Crippen molar-refractivity contribution in [2.75, 3.05) is 0 Å². The first-order chi connectivity index (χ1) is 10.1. The predicted octanol–water partition coefficient (Wildman–Crippen LogP) is 0.965. The van der Waals surface area contributed by atoms with Gasteiger partial charge in [-0.3, -0.25) is 14.0 Å². The molecule has 0 amide bonds. The second-order valence-electron chi connectivity index (χ2n) is 4.91. The third kappa shape index (κ3) is 2.18. The van der Waals surface area contributed by atoms with E-state index in [-0.39, 0.29) is 17.8 Å². The Morgan fingerprint density at radius 1 is 1.14 bits per heavy atom. The van der Waals surface area contributed by atoms with Crippen molar-refractivity contribution in [3.05, 3.63) is 63.1 Å². The van der Waals surface area contributed by atoms with Crippen LogP contribution in [0.4, 0.5) is 0 Å². The number of fused-ring (bicyclic) bond motifs is 1. The zero-order valence-corrected chi connectivity index (χ0v) is 12.0. The lowest BCUT2D eigenvalue weighted by Crippen LogP contribution is -2.38. The van der Waals surface area contributed by atoms with Gasteiger partial charge in [-0.25, -0.2) is 4.79 Å². The van der Waals surface area contributed by atoms with Gasteiger partial charge in [-0.05, 0) is 13.0 Å². The topological polar surface area (TPSA) is 61.8 Å². The Labute approximate surface area is 120 Å². The van der Waals surface area contributed by atoms with E-state index in [4.69, 9.17) is 0 Å². The first kappa shape index (κ1) is 13.4. The van der Waals surface area contributed by atoms with E-state index >= 15 is 0 Å². The van der Waals surface area contributed by atoms with Gasteiger partial charge in [-0.15, -0.1) is 0 Å². The molecule has 1 aromatic carbocycles. The highest BCUT2D eigenvalue weighted by Crippen LogP contribution is 2.18. The molecule has 0 N–H and O–H groups in total. The van der Waals surface area contributed by atoms with Crippen LogP contribution in [0.5, 0.6) is 0 Å². The minimum absolute atomic E-state index is 0.180. The molecule has 0 saturated heterocycles. The maximum Gasteiger partial charge on any atom is 0.331 e. The van der Waals surface area contributed by atoms with Crippen LogP contribution in [-0.4, -0.2) is 18.9 Å². The Bertz CT molecular complexity index is 917. The monoisotopic (exact) mass is 284 g/mol. The van der Waals surface area contributed by atoms with Gasteiger partial charge in [0.15, 0.2) is 0 Å². The summed E-state index contributed by atoms with van der Waals surface area (Å²) in [6.45, 7) is 2.93. The van der Waals surface area contributed by atoms with Crippen molar-refractivity contribution < 1.29 is 0 Å². The fraction of sp³-hybridized carbons (Fsp3) is 0.267. The SMILES string of the molecule is CCn1nc(Cn2c(=O)ccn(C)c2=O)c2ccccc21. The number of nitrogens with zero attached hydrogens (tertiary/aromatic N) is 4. The summed E-state index contributed by atoms with van der Waals surface area (Å²) in [5, 5.41) is 5.49. The molecule has 0 radical (unpaired) electrons. The van der Waals surface area contributed by atoms with Crippen LogP contribution in [0.25, 0.3) is 10.9 Å². The highest BCUT2D eigenvalue weighted by molar-refractivity contribution is 5.81. The Kier molecular flexibility index (Phi) is 3.21. The Morgan fingerprint density at radius 2 is 1.90 bits per heavy atom. The quantitative estimate of drug-likeness (QED) is 0.720. The molecule has 21 heavy (non-hydrogen) atoms. The largest absolute Gasteiger partial charge is 0.331 e. The maximum absolute atomic E-state index is 12.1. The molecule has 6 nitrogen and oxygen atoms in total. The molecule has 0 bridgehead atoms. The Morgan fingerprint density at radius 3 is 2.67 bits per heavy atom. The molecule has 0 aliphatic rings. The third-order valence-corrected chi connectivity index (χ3v) is 3.58. The number of rotatable bonds is 3. The van der Waals surface area contributed by atoms with E-state index in [1.807, 2.05) is 35.9 Å². The van der Waals surface area contributed by atoms with E-state index in [0.29, 0.717) is 0 Å². The molecular weight excluding hydrogens is 268 g/mol. The molecule has 0 aliphatic heterocycles. The predicted molar refractivity (Wildman–Crippen MR) is 80.5 cm³/mol. The van der Waals surface area contributed by atoms with Crippen molar-refractivity contribution in [1.82, 2.24) is 18.9 Å². The lowest BCUT2D eigenvalue weighted by molar-refractivity contribution is 0.609. The molecule has 3 rings (SSSR count). The Hall–Kier alpha value is -2.63. The zero-order valence-electron chi connectivity index (χ0n) is 12.0. The van der Waals surface area contributed by atoms with E-state index in [1.54, 1.807) is 7.05 Å². The summed E-state index contributed by atoms with van der Waals surface area (Å²) in [4.78, 5) is 24.0. The van der Waals surface area contributed by atoms with Crippen LogP contribution in [-0.2, 0) is 20.1 Å². The highest BCUT2D eigenvalue weighted by atomic mass is 16.2. The highest BCUT2D eigenvalue weighted by Gasteiger charge is 2.12. The average Bonchev–Trinajstić information content (AvgIpc) is 2.86. The molecule has 108 valence electrons. The molecule has 0 atom stereocenters. The molecule has 0 aliphatic carbocycles. The first-order valence-corrected chi connectivity index (χ1v) is 6.82. The molecular formula is C15H16N4O2. The minimum atomic E-state index is -0.336. The van der Waals surface area contributed by atoms with Gasteiger partial charge in [-0.2, -0.15) is 5.10 Å². The maximum atomic E-state index is 12.1. The molecule has 2 aromatic heterocycles. The van der Waals surface area contributed by atoms with Crippen LogP contribution in [0.1, 0.15) is 12.6 Å². The van der Waals surface area contributed by atoms with E-state index in [1.165, 1.54) is 21.4 Å². The summed E-state index contributed by atoms with van der Waals surface area (Å²) in [5.74, 6) is 0. The van der Waals surface area contributed by atoms with Crippen LogP contribution < -0.4 is 11.2 Å². The van der Waals surface area contributed by atoms with Gasteiger partial charge in [0.25, 0.3) is 5.56 Å². The minimum Gasteiger partial charge on any atom is -0.303 e. The summed E-state index contributed by atoms with van der Waals surface area (Å²) >= 11 is 0. The van der Waals surface area contributed by atoms with Crippen LogP contribution in [0, 0.1) is 0 Å². The smallest absolute Gasteiger partial charge is 0.303 e. The number of benzene rings is 1. The van der Waals surface area contributed by atoms with Crippen molar-refractivity contribution in [1.29, 1.82) is 0 Å². The second-order valence-corrected chi connectivity index (χ2v) is 4.91. The van der Waals surface area contributed by atoms with Crippen LogP contribution in [0.3, 0.4) is 0 Å². The summed E-state index contributed by atoms with van der Waals surface area (Å²) < 4.78 is 4.47. The average molecular weight is 284 g/mol. The number of hydrogen-bond donors (Lipinski definition) is 0. The van der Waals surface area contributed by atoms with E-state index in [2.05, 4.69) is 5.10 Å². The van der Waals surface area contributed by atoms with Gasteiger partial charge in [0.1, 0.15) is 0 Å². The number of aryl methyl sites for hydroxylation is 2. The third-order valence-electron chi connectivity index (χ3n) is 3.58. The van der Waals surface area contributed by atoms with Crippen molar-refractivity contribution in [3.8, 4) is 0 Å². The first-order valence-electron chi connectivity index (χ1n) is 6.82. The van der Waals surface area contributed by atoms with E-state index in [9.17, 15) is 9.59 Å². The molecule has 6 heteroatoms. The summed E-state index contributed by atoms with van der Waals surface area (Å²) in [7, 11) is 1.63. The van der Waals surface area contributed by atoms with E-state index in [0.717, 1.165) is 23.1 Å². The fourth-order valence-corrected chi connectivity index (χ4v) is 2.46. The zero-order chi connectivity index (χ0) is 15.0. The van der Waals surface area contributed by atoms with Gasteiger partial charge in [0.05, 0.1) is 17.8 Å².